The summed E-state index contributed by atoms with van der Waals surface area (Å²) in [6.45, 7) is 0.0511. The van der Waals surface area contributed by atoms with Crippen LogP contribution in [0, 0.1) is 5.41 Å². The average Bonchev–Trinajstić information content (AvgIpc) is 3.09. The molecule has 0 radical (unpaired) electrons. The molecule has 2 aromatic rings. The van der Waals surface area contributed by atoms with Crippen LogP contribution in [0.2, 0.25) is 0 Å². The summed E-state index contributed by atoms with van der Waals surface area (Å²) in [6, 6.07) is 12.3. The molecule has 0 aliphatic carbocycles. The van der Waals surface area contributed by atoms with Crippen molar-refractivity contribution in [1.29, 1.82) is 5.41 Å². The van der Waals surface area contributed by atoms with Crippen LogP contribution in [0.5, 0.6) is 0 Å². The second kappa shape index (κ2) is 5.16. The molecule has 0 unspecified atom stereocenters. The van der Waals surface area contributed by atoms with E-state index in [9.17, 15) is 9.90 Å². The first kappa shape index (κ1) is 13.0. The molecule has 106 valence electrons. The molecule has 3 N–H and O–H groups in total. The lowest BCUT2D eigenvalue weighted by Gasteiger charge is -2.18. The summed E-state index contributed by atoms with van der Waals surface area (Å²) in [4.78, 5) is 11.9. The number of furan rings is 1. The molecule has 2 heterocycles. The number of hydrogen-bond donors (Lipinski definition) is 3. The highest BCUT2D eigenvalue weighted by molar-refractivity contribution is 6.23. The fourth-order valence-corrected chi connectivity index (χ4v) is 2.17. The van der Waals surface area contributed by atoms with Gasteiger partial charge in [0.2, 0.25) is 0 Å². The van der Waals surface area contributed by atoms with Crippen LogP contribution in [-0.4, -0.2) is 28.4 Å². The number of rotatable bonds is 3. The fourth-order valence-electron chi connectivity index (χ4n) is 2.17. The number of nitrogens with zero attached hydrogens (tertiary/aromatic N) is 1. The van der Waals surface area contributed by atoms with E-state index in [2.05, 4.69) is 5.43 Å². The van der Waals surface area contributed by atoms with Crippen molar-refractivity contribution in [2.75, 3.05) is 6.54 Å². The topological polar surface area (TPSA) is 89.6 Å². The smallest absolute Gasteiger partial charge is 0.305 e. The second-order valence-electron chi connectivity index (χ2n) is 4.54. The maximum Gasteiger partial charge on any atom is 0.305 e. The highest BCUT2D eigenvalue weighted by Gasteiger charge is 2.29. The first-order chi connectivity index (χ1) is 10.2. The number of hydrazine groups is 1. The van der Waals surface area contributed by atoms with E-state index in [0.29, 0.717) is 5.57 Å². The molecule has 0 spiro atoms. The predicted octanol–water partition coefficient (Wildman–Crippen LogP) is 2.19. The fraction of sp³-hybridized carbons (Fsp3) is 0.0667. The van der Waals surface area contributed by atoms with Crippen LogP contribution in [0.1, 0.15) is 16.1 Å². The van der Waals surface area contributed by atoms with E-state index in [-0.39, 0.29) is 23.9 Å². The Balaban J connectivity index is 1.78. The molecule has 1 aliphatic heterocycles. The molecule has 0 saturated heterocycles. The average molecular weight is 283 g/mol. The van der Waals surface area contributed by atoms with Gasteiger partial charge < -0.3 is 9.52 Å². The molecular formula is C15H13N3O3. The standard InChI is InChI=1S/C15H13N3O3/c16-14-13(10-5-2-1-3-6-10)11(19)9-18(14)17-15(20)12-7-4-8-21-12/h1-8,16,19H,9H2,(H,17,20). The molecule has 6 heteroatoms. The Kier molecular flexibility index (Phi) is 3.19. The zero-order valence-corrected chi connectivity index (χ0v) is 11.0. The molecule has 1 aliphatic rings. The van der Waals surface area contributed by atoms with E-state index in [0.717, 1.165) is 5.56 Å². The maximum atomic E-state index is 11.9. The van der Waals surface area contributed by atoms with E-state index in [1.165, 1.54) is 17.3 Å². The molecule has 0 atom stereocenters. The number of amides is 1. The number of carbonyl (C=O) groups is 1. The molecule has 1 aromatic carbocycles. The predicted molar refractivity (Wildman–Crippen MR) is 76.6 cm³/mol. The van der Waals surface area contributed by atoms with Gasteiger partial charge in [-0.2, -0.15) is 0 Å². The van der Waals surface area contributed by atoms with Crippen molar-refractivity contribution in [3.05, 3.63) is 65.8 Å². The first-order valence-electron chi connectivity index (χ1n) is 6.35. The maximum absolute atomic E-state index is 11.9. The lowest BCUT2D eigenvalue weighted by Crippen LogP contribution is -2.43. The van der Waals surface area contributed by atoms with Gasteiger partial charge in [-0.1, -0.05) is 30.3 Å². The molecule has 21 heavy (non-hydrogen) atoms. The number of aliphatic hydroxyl groups excluding tert-OH is 1. The Bertz CT molecular complexity index is 705. The molecule has 0 fully saturated rings. The van der Waals surface area contributed by atoms with Crippen LogP contribution in [-0.2, 0) is 0 Å². The van der Waals surface area contributed by atoms with E-state index < -0.39 is 5.91 Å². The van der Waals surface area contributed by atoms with Crippen molar-refractivity contribution in [3.8, 4) is 0 Å². The van der Waals surface area contributed by atoms with Crippen LogP contribution in [0.3, 0.4) is 0 Å². The van der Waals surface area contributed by atoms with Crippen molar-refractivity contribution < 1.29 is 14.3 Å². The quantitative estimate of drug-likeness (QED) is 0.805. The Labute approximate surface area is 120 Å². The monoisotopic (exact) mass is 283 g/mol. The molecular weight excluding hydrogens is 270 g/mol. The lowest BCUT2D eigenvalue weighted by molar-refractivity contribution is 0.0845. The van der Waals surface area contributed by atoms with Crippen LogP contribution < -0.4 is 5.43 Å². The van der Waals surface area contributed by atoms with E-state index in [1.807, 2.05) is 18.2 Å². The third kappa shape index (κ3) is 2.38. The summed E-state index contributed by atoms with van der Waals surface area (Å²) < 4.78 is 4.99. The summed E-state index contributed by atoms with van der Waals surface area (Å²) in [5, 5.41) is 19.4. The van der Waals surface area contributed by atoms with Crippen molar-refractivity contribution in [3.63, 3.8) is 0 Å². The third-order valence-electron chi connectivity index (χ3n) is 3.15. The minimum absolute atomic E-state index is 0.0404. The Morgan fingerprint density at radius 1 is 1.24 bits per heavy atom. The normalized spacial score (nSPS) is 14.7. The summed E-state index contributed by atoms with van der Waals surface area (Å²) in [7, 11) is 0. The molecule has 1 aromatic heterocycles. The number of hydrogen-bond acceptors (Lipinski definition) is 4. The number of aliphatic hydroxyl groups is 1. The van der Waals surface area contributed by atoms with Crippen LogP contribution in [0.15, 0.2) is 58.9 Å². The van der Waals surface area contributed by atoms with Crippen LogP contribution >= 0.6 is 0 Å². The number of carbonyl (C=O) groups excluding carboxylic acids is 1. The molecule has 0 saturated carbocycles. The van der Waals surface area contributed by atoms with E-state index in [4.69, 9.17) is 9.83 Å². The van der Waals surface area contributed by atoms with Gasteiger partial charge in [-0.3, -0.25) is 20.6 Å². The zero-order valence-electron chi connectivity index (χ0n) is 11.0. The molecule has 0 bridgehead atoms. The van der Waals surface area contributed by atoms with Gasteiger partial charge in [-0.05, 0) is 17.7 Å². The summed E-state index contributed by atoms with van der Waals surface area (Å²) in [5.74, 6) is -0.230. The third-order valence-corrected chi connectivity index (χ3v) is 3.15. The van der Waals surface area contributed by atoms with Gasteiger partial charge in [0.25, 0.3) is 0 Å². The van der Waals surface area contributed by atoms with Gasteiger partial charge in [0.05, 0.1) is 18.4 Å². The molecule has 1 amide bonds. The number of nitrogens with one attached hydrogen (secondary N) is 2. The first-order valence-corrected chi connectivity index (χ1v) is 6.35. The van der Waals surface area contributed by atoms with Crippen molar-refractivity contribution in [2.24, 2.45) is 0 Å². The number of benzene rings is 1. The highest BCUT2D eigenvalue weighted by atomic mass is 16.3. The van der Waals surface area contributed by atoms with Crippen LogP contribution in [0.4, 0.5) is 0 Å². The molecule has 6 nitrogen and oxygen atoms in total. The van der Waals surface area contributed by atoms with Crippen molar-refractivity contribution >= 4 is 17.3 Å². The van der Waals surface area contributed by atoms with Gasteiger partial charge in [0.15, 0.2) is 11.6 Å². The van der Waals surface area contributed by atoms with Crippen molar-refractivity contribution in [2.45, 2.75) is 0 Å². The van der Waals surface area contributed by atoms with Gasteiger partial charge in [-0.25, -0.2) is 0 Å². The minimum Gasteiger partial charge on any atom is -0.510 e. The van der Waals surface area contributed by atoms with Crippen LogP contribution in [0.25, 0.3) is 5.57 Å². The van der Waals surface area contributed by atoms with Gasteiger partial charge in [0.1, 0.15) is 5.76 Å². The Morgan fingerprint density at radius 2 is 2.00 bits per heavy atom. The number of amidine groups is 1. The Morgan fingerprint density at radius 3 is 2.67 bits per heavy atom. The summed E-state index contributed by atoms with van der Waals surface area (Å²) >= 11 is 0. The largest absolute Gasteiger partial charge is 0.510 e. The Hall–Kier alpha value is -3.02. The van der Waals surface area contributed by atoms with Crippen molar-refractivity contribution in [1.82, 2.24) is 10.4 Å². The van der Waals surface area contributed by atoms with E-state index in [1.54, 1.807) is 18.2 Å². The highest BCUT2D eigenvalue weighted by Crippen LogP contribution is 2.25. The minimum atomic E-state index is -0.466. The van der Waals surface area contributed by atoms with Gasteiger partial charge in [-0.15, -0.1) is 0 Å². The summed E-state index contributed by atoms with van der Waals surface area (Å²) in [6.07, 6.45) is 1.40. The van der Waals surface area contributed by atoms with Gasteiger partial charge >= 0.3 is 5.91 Å². The SMILES string of the molecule is N=C1C(c2ccccc2)=C(O)CN1NC(=O)c1ccco1. The zero-order chi connectivity index (χ0) is 14.8. The summed E-state index contributed by atoms with van der Waals surface area (Å²) in [5.41, 5.74) is 3.68. The lowest BCUT2D eigenvalue weighted by atomic mass is 10.1. The second-order valence-corrected chi connectivity index (χ2v) is 4.54. The van der Waals surface area contributed by atoms with Gasteiger partial charge in [0, 0.05) is 0 Å². The molecule has 3 rings (SSSR count). The van der Waals surface area contributed by atoms with E-state index >= 15 is 0 Å².